The molecule has 2 aliphatic carbocycles. The molecule has 0 aromatic heterocycles. The predicted octanol–water partition coefficient (Wildman–Crippen LogP) is 5.42. The van der Waals surface area contributed by atoms with Gasteiger partial charge in [0.15, 0.2) is 0 Å². The van der Waals surface area contributed by atoms with Gasteiger partial charge in [-0.3, -0.25) is 0 Å². The summed E-state index contributed by atoms with van der Waals surface area (Å²) < 4.78 is 1.19. The maximum atomic E-state index is 3.67. The fourth-order valence-corrected chi connectivity index (χ4v) is 3.79. The van der Waals surface area contributed by atoms with Crippen molar-refractivity contribution < 1.29 is 0 Å². The Balaban J connectivity index is 2.18. The van der Waals surface area contributed by atoms with E-state index in [-0.39, 0.29) is 0 Å². The fraction of sp³-hybridized carbons (Fsp3) is 0.176. The van der Waals surface area contributed by atoms with E-state index < -0.39 is 0 Å². The van der Waals surface area contributed by atoms with Gasteiger partial charge in [-0.15, -0.1) is 0 Å². The van der Waals surface area contributed by atoms with Crippen LogP contribution in [0.15, 0.2) is 47.0 Å². The highest BCUT2D eigenvalue weighted by Crippen LogP contribution is 2.49. The van der Waals surface area contributed by atoms with E-state index in [2.05, 4.69) is 65.3 Å². The second-order valence-corrected chi connectivity index (χ2v) is 6.04. The van der Waals surface area contributed by atoms with Crippen LogP contribution >= 0.6 is 15.9 Å². The molecule has 88 valence electrons. The number of halogens is 1. The molecule has 0 radical (unpaired) electrons. The molecule has 0 saturated carbocycles. The Hall–Kier alpha value is -1.34. The molecular weight excluding hydrogens is 284 g/mol. The zero-order valence-corrected chi connectivity index (χ0v) is 11.8. The number of allylic oxidation sites excluding steroid dienone is 4. The van der Waals surface area contributed by atoms with Crippen LogP contribution in [0.3, 0.4) is 0 Å². The summed E-state index contributed by atoms with van der Waals surface area (Å²) in [4.78, 5) is 0. The van der Waals surface area contributed by atoms with Crippen LogP contribution in [-0.2, 0) is 0 Å². The van der Waals surface area contributed by atoms with E-state index in [4.69, 9.17) is 0 Å². The molecule has 1 atom stereocenters. The maximum Gasteiger partial charge on any atom is 0.0254 e. The van der Waals surface area contributed by atoms with Crippen LogP contribution in [-0.4, -0.2) is 0 Å². The largest absolute Gasteiger partial charge is 0.0833 e. The first-order valence-corrected chi connectivity index (χ1v) is 7.19. The lowest BCUT2D eigenvalue weighted by Gasteiger charge is -2.18. The topological polar surface area (TPSA) is 0 Å². The number of fused-ring (bicyclic) bond motifs is 2. The zero-order valence-electron chi connectivity index (χ0n) is 10.2. The van der Waals surface area contributed by atoms with Gasteiger partial charge in [0, 0.05) is 4.47 Å². The van der Waals surface area contributed by atoms with Crippen molar-refractivity contribution in [3.63, 3.8) is 0 Å². The van der Waals surface area contributed by atoms with E-state index in [1.807, 2.05) is 0 Å². The van der Waals surface area contributed by atoms with Crippen molar-refractivity contribution in [2.24, 2.45) is 5.92 Å². The summed E-state index contributed by atoms with van der Waals surface area (Å²) in [5, 5.41) is 2.76. The lowest BCUT2D eigenvalue weighted by molar-refractivity contribution is 0.763. The Morgan fingerprint density at radius 1 is 1.11 bits per heavy atom. The third-order valence-electron chi connectivity index (χ3n) is 4.12. The van der Waals surface area contributed by atoms with Crippen molar-refractivity contribution in [2.75, 3.05) is 0 Å². The van der Waals surface area contributed by atoms with E-state index in [0.717, 1.165) is 6.42 Å². The van der Waals surface area contributed by atoms with Crippen molar-refractivity contribution in [1.29, 1.82) is 0 Å². The molecule has 2 aromatic rings. The van der Waals surface area contributed by atoms with Gasteiger partial charge in [-0.1, -0.05) is 59.3 Å². The molecule has 0 spiro atoms. The fourth-order valence-electron chi connectivity index (χ4n) is 3.33. The number of rotatable bonds is 0. The van der Waals surface area contributed by atoms with Gasteiger partial charge in [-0.25, -0.2) is 0 Å². The molecule has 0 N–H and O–H groups in total. The molecule has 0 saturated heterocycles. The Labute approximate surface area is 115 Å². The quantitative estimate of drug-likeness (QED) is 0.609. The molecule has 0 fully saturated rings. The van der Waals surface area contributed by atoms with Gasteiger partial charge in [0.05, 0.1) is 0 Å². The second-order valence-electron chi connectivity index (χ2n) is 5.19. The first-order chi connectivity index (χ1) is 8.77. The average Bonchev–Trinajstić information content (AvgIpc) is 2.71. The summed E-state index contributed by atoms with van der Waals surface area (Å²) in [6, 6.07) is 11.1. The molecule has 0 bridgehead atoms. The summed E-state index contributed by atoms with van der Waals surface area (Å²) >= 11 is 3.67. The molecule has 1 unspecified atom stereocenters. The summed E-state index contributed by atoms with van der Waals surface area (Å²) in [5.74, 6) is 0.627. The predicted molar refractivity (Wildman–Crippen MR) is 81.4 cm³/mol. The molecule has 1 heteroatoms. The molecule has 18 heavy (non-hydrogen) atoms. The lowest BCUT2D eigenvalue weighted by atomic mass is 9.86. The molecule has 0 nitrogen and oxygen atoms in total. The van der Waals surface area contributed by atoms with Crippen LogP contribution in [0.4, 0.5) is 0 Å². The molecule has 2 aromatic carbocycles. The van der Waals surface area contributed by atoms with Crippen LogP contribution in [0.2, 0.25) is 0 Å². The second kappa shape index (κ2) is 3.58. The van der Waals surface area contributed by atoms with Crippen LogP contribution in [0.1, 0.15) is 24.5 Å². The summed E-state index contributed by atoms with van der Waals surface area (Å²) in [5.41, 5.74) is 5.82. The highest BCUT2D eigenvalue weighted by Gasteiger charge is 2.27. The van der Waals surface area contributed by atoms with Gasteiger partial charge >= 0.3 is 0 Å². The number of hydrogen-bond donors (Lipinski definition) is 0. The van der Waals surface area contributed by atoms with Gasteiger partial charge in [-0.2, -0.15) is 0 Å². The van der Waals surface area contributed by atoms with Crippen molar-refractivity contribution >= 4 is 37.8 Å². The monoisotopic (exact) mass is 296 g/mol. The zero-order chi connectivity index (χ0) is 12.3. The van der Waals surface area contributed by atoms with E-state index in [9.17, 15) is 0 Å². The van der Waals surface area contributed by atoms with Gasteiger partial charge < -0.3 is 0 Å². The van der Waals surface area contributed by atoms with Crippen LogP contribution in [0.25, 0.3) is 21.9 Å². The third kappa shape index (κ3) is 1.20. The highest BCUT2D eigenvalue weighted by molar-refractivity contribution is 9.10. The third-order valence-corrected chi connectivity index (χ3v) is 4.82. The number of hydrogen-bond acceptors (Lipinski definition) is 0. The first-order valence-electron chi connectivity index (χ1n) is 6.40. The highest BCUT2D eigenvalue weighted by atomic mass is 79.9. The molecular formula is C17H13Br. The van der Waals surface area contributed by atoms with E-state index in [1.165, 1.54) is 37.5 Å². The standard InChI is InChI=1S/C17H13Br/c1-10-4-2-5-11-12-8-9-15(18)13-6-3-7-14(16(10)11)17(12)13/h2-3,5-10H,4H2,1H3. The van der Waals surface area contributed by atoms with Gasteiger partial charge in [-0.05, 0) is 51.5 Å². The molecule has 2 aliphatic rings. The molecule has 0 amide bonds. The molecule has 0 heterocycles. The maximum absolute atomic E-state index is 3.67. The van der Waals surface area contributed by atoms with Crippen LogP contribution in [0, 0.1) is 5.92 Å². The van der Waals surface area contributed by atoms with Gasteiger partial charge in [0.2, 0.25) is 0 Å². The summed E-state index contributed by atoms with van der Waals surface area (Å²) in [7, 11) is 0. The van der Waals surface area contributed by atoms with E-state index >= 15 is 0 Å². The first kappa shape index (κ1) is 10.6. The Bertz CT molecular complexity index is 735. The normalized spacial score (nSPS) is 20.7. The average molecular weight is 297 g/mol. The van der Waals surface area contributed by atoms with Crippen molar-refractivity contribution in [3.8, 4) is 0 Å². The minimum absolute atomic E-state index is 0.627. The molecule has 0 aliphatic heterocycles. The van der Waals surface area contributed by atoms with Crippen LogP contribution in [0.5, 0.6) is 0 Å². The van der Waals surface area contributed by atoms with E-state index in [0.29, 0.717) is 5.92 Å². The molecule has 4 rings (SSSR count). The Morgan fingerprint density at radius 2 is 2.00 bits per heavy atom. The minimum Gasteiger partial charge on any atom is -0.0833 e. The lowest BCUT2D eigenvalue weighted by Crippen LogP contribution is -2.00. The Kier molecular flexibility index (Phi) is 2.10. The SMILES string of the molecule is CC1CC=CC2=C1c1cccc3c(Br)ccc2c13. The van der Waals surface area contributed by atoms with Crippen molar-refractivity contribution in [1.82, 2.24) is 0 Å². The summed E-state index contributed by atoms with van der Waals surface area (Å²) in [6.07, 6.45) is 5.77. The van der Waals surface area contributed by atoms with E-state index in [1.54, 1.807) is 0 Å². The summed E-state index contributed by atoms with van der Waals surface area (Å²) in [6.45, 7) is 2.33. The van der Waals surface area contributed by atoms with Crippen molar-refractivity contribution in [2.45, 2.75) is 13.3 Å². The minimum atomic E-state index is 0.627. The van der Waals surface area contributed by atoms with Crippen molar-refractivity contribution in [3.05, 3.63) is 58.1 Å². The Morgan fingerprint density at radius 3 is 2.89 bits per heavy atom. The smallest absolute Gasteiger partial charge is 0.0254 e. The van der Waals surface area contributed by atoms with Gasteiger partial charge in [0.1, 0.15) is 0 Å². The number of benzene rings is 2. The van der Waals surface area contributed by atoms with Crippen LogP contribution < -0.4 is 0 Å². The van der Waals surface area contributed by atoms with Gasteiger partial charge in [0.25, 0.3) is 0 Å².